The van der Waals surface area contributed by atoms with Gasteiger partial charge >= 0.3 is 0 Å². The molecule has 0 saturated carbocycles. The van der Waals surface area contributed by atoms with Gasteiger partial charge in [-0.3, -0.25) is 10.1 Å². The molecule has 1 heterocycles. The summed E-state index contributed by atoms with van der Waals surface area (Å²) in [4.78, 5) is 14.2. The number of hydrogen-bond donors (Lipinski definition) is 1. The average molecular weight is 314 g/mol. The molecule has 0 radical (unpaired) electrons. The van der Waals surface area contributed by atoms with Crippen molar-refractivity contribution >= 4 is 32.8 Å². The highest BCUT2D eigenvalue weighted by atomic mass is 32.2. The van der Waals surface area contributed by atoms with Crippen LogP contribution in [0.15, 0.2) is 22.6 Å². The van der Waals surface area contributed by atoms with Gasteiger partial charge in [0.15, 0.2) is 5.58 Å². The smallest absolute Gasteiger partial charge is 0.295 e. The average Bonchev–Trinajstić information content (AvgIpc) is 2.79. The Balaban J connectivity index is 2.08. The van der Waals surface area contributed by atoms with Crippen LogP contribution in [0, 0.1) is 10.1 Å². The second-order valence-corrected chi connectivity index (χ2v) is 6.76. The number of sulfonamides is 1. The van der Waals surface area contributed by atoms with E-state index in [-0.39, 0.29) is 29.6 Å². The normalized spacial score (nSPS) is 12.0. The highest BCUT2D eigenvalue weighted by Gasteiger charge is 2.15. The molecule has 0 bridgehead atoms. The predicted octanol–water partition coefficient (Wildman–Crippen LogP) is 1.04. The van der Waals surface area contributed by atoms with Crippen LogP contribution in [0.4, 0.5) is 11.7 Å². The Morgan fingerprint density at radius 3 is 2.76 bits per heavy atom. The molecule has 2 rings (SSSR count). The van der Waals surface area contributed by atoms with Gasteiger partial charge in [0.05, 0.1) is 16.7 Å². The second-order valence-electron chi connectivity index (χ2n) is 4.45. The lowest BCUT2D eigenvalue weighted by molar-refractivity contribution is -0.384. The van der Waals surface area contributed by atoms with Crippen molar-refractivity contribution in [3.63, 3.8) is 0 Å². The molecule has 0 amide bonds. The number of aromatic nitrogens is 1. The largest absolute Gasteiger partial charge is 0.423 e. The summed E-state index contributed by atoms with van der Waals surface area (Å²) in [6, 6.07) is 4.19. The van der Waals surface area contributed by atoms with E-state index < -0.39 is 14.9 Å². The number of non-ortho nitro benzene ring substituents is 1. The molecule has 0 aliphatic carbocycles. The highest BCUT2D eigenvalue weighted by Crippen LogP contribution is 2.23. The van der Waals surface area contributed by atoms with E-state index in [4.69, 9.17) is 4.42 Å². The van der Waals surface area contributed by atoms with E-state index in [1.54, 1.807) is 0 Å². The Labute approximate surface area is 120 Å². The minimum Gasteiger partial charge on any atom is -0.423 e. The zero-order valence-electron chi connectivity index (χ0n) is 11.4. The molecular formula is C11H14N4O5S. The number of nitro benzene ring substituents is 1. The van der Waals surface area contributed by atoms with Gasteiger partial charge in [0.25, 0.3) is 11.7 Å². The molecule has 1 aromatic carbocycles. The van der Waals surface area contributed by atoms with Crippen molar-refractivity contribution in [2.24, 2.45) is 0 Å². The van der Waals surface area contributed by atoms with Crippen LogP contribution in [0.1, 0.15) is 0 Å². The molecule has 9 nitrogen and oxygen atoms in total. The van der Waals surface area contributed by atoms with Crippen molar-refractivity contribution in [3.05, 3.63) is 28.3 Å². The molecule has 1 aromatic heterocycles. The molecule has 0 fully saturated rings. The first kappa shape index (κ1) is 15.2. The van der Waals surface area contributed by atoms with E-state index >= 15 is 0 Å². The van der Waals surface area contributed by atoms with Crippen molar-refractivity contribution in [2.45, 2.75) is 0 Å². The third-order valence-electron chi connectivity index (χ3n) is 2.78. The van der Waals surface area contributed by atoms with Crippen LogP contribution in [0.2, 0.25) is 0 Å². The van der Waals surface area contributed by atoms with E-state index in [9.17, 15) is 18.5 Å². The SMILES string of the molecule is CN(C)S(=O)(=O)CCNc1nc2ccc([N+](=O)[O-])cc2o1. The molecular weight excluding hydrogens is 300 g/mol. The fraction of sp³-hybridized carbons (Fsp3) is 0.364. The first-order valence-corrected chi connectivity index (χ1v) is 7.59. The Morgan fingerprint density at radius 1 is 1.43 bits per heavy atom. The quantitative estimate of drug-likeness (QED) is 0.625. The Morgan fingerprint density at radius 2 is 2.14 bits per heavy atom. The first-order chi connectivity index (χ1) is 9.79. The Kier molecular flexibility index (Phi) is 4.09. The van der Waals surface area contributed by atoms with Gasteiger partial charge < -0.3 is 9.73 Å². The fourth-order valence-corrected chi connectivity index (χ4v) is 2.30. The maximum absolute atomic E-state index is 11.6. The van der Waals surface area contributed by atoms with E-state index in [1.165, 1.54) is 32.3 Å². The van der Waals surface area contributed by atoms with Crippen LogP contribution in [-0.4, -0.2) is 49.0 Å². The van der Waals surface area contributed by atoms with Crippen molar-refractivity contribution < 1.29 is 17.8 Å². The van der Waals surface area contributed by atoms with E-state index in [2.05, 4.69) is 10.3 Å². The van der Waals surface area contributed by atoms with Crippen LogP contribution < -0.4 is 5.32 Å². The number of anilines is 1. The zero-order chi connectivity index (χ0) is 15.6. The summed E-state index contributed by atoms with van der Waals surface area (Å²) in [7, 11) is -0.400. The summed E-state index contributed by atoms with van der Waals surface area (Å²) >= 11 is 0. The third kappa shape index (κ3) is 3.47. The van der Waals surface area contributed by atoms with Crippen LogP contribution in [-0.2, 0) is 10.0 Å². The standard InChI is InChI=1S/C11H14N4O5S/c1-14(2)21(18,19)6-5-12-11-13-9-4-3-8(15(16)17)7-10(9)20-11/h3-4,7H,5-6H2,1-2H3,(H,12,13). The number of nitrogens with one attached hydrogen (secondary N) is 1. The molecule has 0 unspecified atom stereocenters. The van der Waals surface area contributed by atoms with Gasteiger partial charge in [-0.1, -0.05) is 0 Å². The fourth-order valence-electron chi connectivity index (χ4n) is 1.57. The number of oxazole rings is 1. The van der Waals surface area contributed by atoms with Crippen molar-refractivity contribution in [3.8, 4) is 0 Å². The van der Waals surface area contributed by atoms with Gasteiger partial charge in [-0.2, -0.15) is 4.98 Å². The highest BCUT2D eigenvalue weighted by molar-refractivity contribution is 7.89. The van der Waals surface area contributed by atoms with Gasteiger partial charge in [-0.25, -0.2) is 12.7 Å². The molecule has 1 N–H and O–H groups in total. The third-order valence-corrected chi connectivity index (χ3v) is 4.61. The number of benzene rings is 1. The molecule has 10 heteroatoms. The summed E-state index contributed by atoms with van der Waals surface area (Å²) in [6.07, 6.45) is 0. The van der Waals surface area contributed by atoms with Crippen LogP contribution >= 0.6 is 0 Å². The van der Waals surface area contributed by atoms with E-state index in [0.717, 1.165) is 4.31 Å². The number of nitrogens with zero attached hydrogens (tertiary/aromatic N) is 3. The molecule has 21 heavy (non-hydrogen) atoms. The van der Waals surface area contributed by atoms with E-state index in [0.29, 0.717) is 5.52 Å². The minimum absolute atomic E-state index is 0.0969. The van der Waals surface area contributed by atoms with Gasteiger partial charge in [0.2, 0.25) is 10.0 Å². The zero-order valence-corrected chi connectivity index (χ0v) is 12.3. The maximum Gasteiger partial charge on any atom is 0.295 e. The molecule has 0 saturated heterocycles. The van der Waals surface area contributed by atoms with Crippen LogP contribution in [0.5, 0.6) is 0 Å². The van der Waals surface area contributed by atoms with Gasteiger partial charge in [-0.15, -0.1) is 0 Å². The van der Waals surface area contributed by atoms with Gasteiger partial charge in [0.1, 0.15) is 5.52 Å². The Bertz CT molecular complexity index is 768. The Hall–Kier alpha value is -2.20. The molecule has 0 aliphatic rings. The first-order valence-electron chi connectivity index (χ1n) is 5.98. The number of hydrogen-bond acceptors (Lipinski definition) is 7. The molecule has 0 atom stereocenters. The summed E-state index contributed by atoms with van der Waals surface area (Å²) in [5, 5.41) is 13.4. The number of fused-ring (bicyclic) bond motifs is 1. The monoisotopic (exact) mass is 314 g/mol. The molecule has 0 spiro atoms. The maximum atomic E-state index is 11.6. The lowest BCUT2D eigenvalue weighted by Crippen LogP contribution is -2.28. The lowest BCUT2D eigenvalue weighted by Gasteiger charge is -2.10. The number of nitro groups is 1. The van der Waals surface area contributed by atoms with Crippen molar-refractivity contribution in [1.29, 1.82) is 0 Å². The number of rotatable bonds is 6. The summed E-state index contributed by atoms with van der Waals surface area (Å²) < 4.78 is 29.6. The topological polar surface area (TPSA) is 119 Å². The second kappa shape index (κ2) is 5.66. The van der Waals surface area contributed by atoms with Crippen molar-refractivity contribution in [1.82, 2.24) is 9.29 Å². The minimum atomic E-state index is -3.30. The molecule has 2 aromatic rings. The van der Waals surface area contributed by atoms with Crippen LogP contribution in [0.25, 0.3) is 11.1 Å². The lowest BCUT2D eigenvalue weighted by atomic mass is 10.3. The van der Waals surface area contributed by atoms with Gasteiger partial charge in [-0.05, 0) is 6.07 Å². The van der Waals surface area contributed by atoms with Crippen LogP contribution in [0.3, 0.4) is 0 Å². The molecule has 0 aliphatic heterocycles. The van der Waals surface area contributed by atoms with Gasteiger partial charge in [0, 0.05) is 26.7 Å². The van der Waals surface area contributed by atoms with E-state index in [1.807, 2.05) is 0 Å². The summed E-state index contributed by atoms with van der Waals surface area (Å²) in [6.45, 7) is 0.120. The molecule has 114 valence electrons. The summed E-state index contributed by atoms with van der Waals surface area (Å²) in [5.74, 6) is -0.112. The summed E-state index contributed by atoms with van der Waals surface area (Å²) in [5.41, 5.74) is 0.626. The predicted molar refractivity (Wildman–Crippen MR) is 76.6 cm³/mol. The van der Waals surface area contributed by atoms with Crippen molar-refractivity contribution in [2.75, 3.05) is 31.7 Å².